The van der Waals surface area contributed by atoms with Gasteiger partial charge in [-0.1, -0.05) is 26.8 Å². The molecule has 0 fully saturated rings. The monoisotopic (exact) mass is 632 g/mol. The van der Waals surface area contributed by atoms with Gasteiger partial charge in [-0.15, -0.1) is 0 Å². The number of carbonyl (C=O) groups excluding carboxylic acids is 2. The molecule has 0 bridgehead atoms. The number of ether oxygens (including phenoxy) is 1. The van der Waals surface area contributed by atoms with Crippen LogP contribution in [0.3, 0.4) is 0 Å². The van der Waals surface area contributed by atoms with Crippen LogP contribution in [0.1, 0.15) is 78.6 Å². The number of aliphatic imine (C=N–C) groups is 2. The molecule has 0 saturated carbocycles. The summed E-state index contributed by atoms with van der Waals surface area (Å²) in [5.74, 6) is 0.0802. The van der Waals surface area contributed by atoms with E-state index >= 15 is 0 Å². The number of fused-ring (bicyclic) bond motifs is 1. The van der Waals surface area contributed by atoms with E-state index in [1.165, 1.54) is 17.3 Å². The third-order valence-corrected chi connectivity index (χ3v) is 7.07. The number of anilines is 2. The molecule has 3 rings (SSSR count). The summed E-state index contributed by atoms with van der Waals surface area (Å²) >= 11 is 0. The zero-order valence-corrected chi connectivity index (χ0v) is 28.8. The maximum Gasteiger partial charge on any atom is 0.407 e. The average Bonchev–Trinajstić information content (AvgIpc) is 2.96. The van der Waals surface area contributed by atoms with Crippen LogP contribution in [0.5, 0.6) is 0 Å². The predicted molar refractivity (Wildman–Crippen MR) is 188 cm³/mol. The maximum atomic E-state index is 13.1. The number of benzene rings is 1. The van der Waals surface area contributed by atoms with Crippen molar-refractivity contribution in [3.8, 4) is 0 Å². The lowest BCUT2D eigenvalue weighted by molar-refractivity contribution is -0.117. The number of amides is 2. The lowest BCUT2D eigenvalue weighted by atomic mass is 9.91. The van der Waals surface area contributed by atoms with Gasteiger partial charge in [-0.2, -0.15) is 0 Å². The molecule has 11 nitrogen and oxygen atoms in total. The highest BCUT2D eigenvalue weighted by Crippen LogP contribution is 2.24. The smallest absolute Gasteiger partial charge is 0.407 e. The number of nitrogens with one attached hydrogen (secondary N) is 4. The first kappa shape index (κ1) is 36.2. The van der Waals surface area contributed by atoms with E-state index in [4.69, 9.17) is 9.73 Å². The Kier molecular flexibility index (Phi) is 12.9. The number of nitrogens with zero attached hydrogens (tertiary/aromatic N) is 4. The summed E-state index contributed by atoms with van der Waals surface area (Å²) in [6, 6.07) is 10.1. The largest absolute Gasteiger partial charge is 0.444 e. The van der Waals surface area contributed by atoms with E-state index in [0.717, 1.165) is 49.5 Å². The topological polar surface area (TPSA) is 132 Å². The molecule has 2 heterocycles. The minimum absolute atomic E-state index is 0.0613. The minimum Gasteiger partial charge on any atom is -0.444 e. The van der Waals surface area contributed by atoms with Crippen LogP contribution in [0.15, 0.2) is 58.3 Å². The highest BCUT2D eigenvalue weighted by molar-refractivity contribution is 6.25. The quantitative estimate of drug-likeness (QED) is 0.103. The summed E-state index contributed by atoms with van der Waals surface area (Å²) in [6.07, 6.45) is 4.59. The molecule has 0 unspecified atom stereocenters. The van der Waals surface area contributed by atoms with Crippen LogP contribution < -0.4 is 21.3 Å². The molecular weight excluding hydrogens is 580 g/mol. The zero-order chi connectivity index (χ0) is 33.9. The second-order valence-electron chi connectivity index (χ2n) is 13.8. The first-order valence-corrected chi connectivity index (χ1v) is 15.9. The highest BCUT2D eigenvalue weighted by atomic mass is 16.6. The number of carbonyl (C=O) groups is 2. The van der Waals surface area contributed by atoms with E-state index in [9.17, 15) is 9.59 Å². The number of hydrogen-bond acceptors (Lipinski definition) is 8. The van der Waals surface area contributed by atoms with Crippen molar-refractivity contribution in [3.63, 3.8) is 0 Å². The van der Waals surface area contributed by atoms with Gasteiger partial charge in [0, 0.05) is 67.1 Å². The lowest BCUT2D eigenvalue weighted by Gasteiger charge is -2.29. The van der Waals surface area contributed by atoms with E-state index in [1.807, 2.05) is 46.8 Å². The van der Waals surface area contributed by atoms with Crippen molar-refractivity contribution in [2.75, 3.05) is 36.9 Å². The van der Waals surface area contributed by atoms with Crippen LogP contribution in [0, 0.1) is 0 Å². The van der Waals surface area contributed by atoms with Crippen molar-refractivity contribution < 1.29 is 14.3 Å². The van der Waals surface area contributed by atoms with E-state index < -0.39 is 5.60 Å². The molecule has 0 spiro atoms. The third-order valence-electron chi connectivity index (χ3n) is 7.07. The number of pyridine rings is 1. The zero-order valence-electron chi connectivity index (χ0n) is 28.8. The molecule has 1 aromatic carbocycles. The molecule has 11 heteroatoms. The van der Waals surface area contributed by atoms with Crippen LogP contribution in [-0.2, 0) is 27.9 Å². The maximum absolute atomic E-state index is 13.1. The molecule has 1 aromatic heterocycles. The van der Waals surface area contributed by atoms with Crippen molar-refractivity contribution in [2.45, 2.75) is 91.8 Å². The average molecular weight is 633 g/mol. The molecule has 2 amide bonds. The summed E-state index contributed by atoms with van der Waals surface area (Å²) in [5.41, 5.74) is 4.88. The van der Waals surface area contributed by atoms with Crippen molar-refractivity contribution in [2.24, 2.45) is 9.98 Å². The minimum atomic E-state index is -0.497. The van der Waals surface area contributed by atoms with Gasteiger partial charge in [0.1, 0.15) is 18.1 Å². The Morgan fingerprint density at radius 3 is 2.52 bits per heavy atom. The van der Waals surface area contributed by atoms with Gasteiger partial charge in [-0.05, 0) is 89.6 Å². The summed E-state index contributed by atoms with van der Waals surface area (Å²) in [5, 5.41) is 12.5. The van der Waals surface area contributed by atoms with Crippen molar-refractivity contribution >= 4 is 35.9 Å². The van der Waals surface area contributed by atoms with Gasteiger partial charge in [0.2, 0.25) is 0 Å². The van der Waals surface area contributed by atoms with Gasteiger partial charge in [0.15, 0.2) is 0 Å². The number of aromatic nitrogens is 1. The molecule has 1 aliphatic heterocycles. The van der Waals surface area contributed by atoms with Crippen LogP contribution in [-0.4, -0.2) is 72.4 Å². The summed E-state index contributed by atoms with van der Waals surface area (Å²) in [6.45, 7) is 22.8. The fourth-order valence-electron chi connectivity index (χ4n) is 4.84. The van der Waals surface area contributed by atoms with E-state index in [-0.39, 0.29) is 35.7 Å². The first-order chi connectivity index (χ1) is 21.6. The van der Waals surface area contributed by atoms with E-state index in [2.05, 4.69) is 81.8 Å². The SMILES string of the molecule is C=N/C=C(/C(=O)NC(C)C)C(=NCNc1ccc2c(c1)CCN(CCCNC(=O)OC(C)(C)C)C2)Nc1ccnc(C(C)(C)C)c1. The van der Waals surface area contributed by atoms with Crippen LogP contribution in [0.2, 0.25) is 0 Å². The molecule has 0 saturated heterocycles. The summed E-state index contributed by atoms with van der Waals surface area (Å²) < 4.78 is 5.31. The standard InChI is InChI=1S/C35H52N8O3/c1-24(2)41-32(44)29(21-36-9)31(42-28-13-16-37-30(20-28)34(3,4)5)40-23-39-27-12-11-26-22-43(18-14-25(26)19-27)17-10-15-38-33(45)46-35(6,7)8/h11-13,16,19-21,24,39H,9-10,14-15,17-18,22-23H2,1-8H3,(H,38,45)(H,41,44)(H,37,40,42)/b29-21+. The molecule has 0 atom stereocenters. The molecule has 250 valence electrons. The number of amidine groups is 1. The van der Waals surface area contributed by atoms with Crippen LogP contribution >= 0.6 is 0 Å². The Hall–Kier alpha value is -4.25. The Bertz CT molecular complexity index is 1420. The van der Waals surface area contributed by atoms with Crippen LogP contribution in [0.25, 0.3) is 0 Å². The van der Waals surface area contributed by atoms with Crippen molar-refractivity contribution in [3.05, 3.63) is 65.1 Å². The van der Waals surface area contributed by atoms with Gasteiger partial charge in [-0.3, -0.25) is 19.7 Å². The number of alkyl carbamates (subject to hydrolysis) is 1. The van der Waals surface area contributed by atoms with Crippen molar-refractivity contribution in [1.29, 1.82) is 0 Å². The highest BCUT2D eigenvalue weighted by Gasteiger charge is 2.21. The molecule has 0 aliphatic carbocycles. The molecule has 2 aromatic rings. The lowest BCUT2D eigenvalue weighted by Crippen LogP contribution is -2.36. The Morgan fingerprint density at radius 1 is 1.09 bits per heavy atom. The molecular formula is C35H52N8O3. The fourth-order valence-corrected chi connectivity index (χ4v) is 4.84. The second-order valence-corrected chi connectivity index (χ2v) is 13.8. The first-order valence-electron chi connectivity index (χ1n) is 15.9. The summed E-state index contributed by atoms with van der Waals surface area (Å²) in [4.78, 5) is 40.6. The molecule has 4 N–H and O–H groups in total. The molecule has 46 heavy (non-hydrogen) atoms. The van der Waals surface area contributed by atoms with Gasteiger partial charge < -0.3 is 26.0 Å². The second kappa shape index (κ2) is 16.4. The van der Waals surface area contributed by atoms with Gasteiger partial charge in [0.25, 0.3) is 5.91 Å². The predicted octanol–water partition coefficient (Wildman–Crippen LogP) is 5.64. The van der Waals surface area contributed by atoms with E-state index in [1.54, 1.807) is 6.20 Å². The summed E-state index contributed by atoms with van der Waals surface area (Å²) in [7, 11) is 0. The Labute approximate surface area is 274 Å². The van der Waals surface area contributed by atoms with Gasteiger partial charge in [0.05, 0.1) is 5.57 Å². The fraction of sp³-hybridized carbons (Fsp3) is 0.514. The number of rotatable bonds is 12. The molecule has 1 aliphatic rings. The third kappa shape index (κ3) is 11.9. The molecule has 0 radical (unpaired) electrons. The van der Waals surface area contributed by atoms with Gasteiger partial charge in [-0.25, -0.2) is 9.79 Å². The normalized spacial score (nSPS) is 14.4. The van der Waals surface area contributed by atoms with Crippen molar-refractivity contribution in [1.82, 2.24) is 20.5 Å². The number of hydrogen-bond donors (Lipinski definition) is 4. The Balaban J connectivity index is 1.67. The van der Waals surface area contributed by atoms with Crippen LogP contribution in [0.4, 0.5) is 16.2 Å². The van der Waals surface area contributed by atoms with E-state index in [0.29, 0.717) is 12.4 Å². The van der Waals surface area contributed by atoms with Gasteiger partial charge >= 0.3 is 6.09 Å². The Morgan fingerprint density at radius 2 is 1.85 bits per heavy atom.